The molecule has 2 aromatic rings. The van der Waals surface area contributed by atoms with Crippen LogP contribution in [-0.4, -0.2) is 57.8 Å². The lowest BCUT2D eigenvalue weighted by atomic mass is 10.2. The molecule has 8 nitrogen and oxygen atoms in total. The number of aromatic nitrogens is 2. The van der Waals surface area contributed by atoms with Crippen molar-refractivity contribution in [2.45, 2.75) is 26.1 Å². The topological polar surface area (TPSA) is 73.7 Å². The molecule has 2 aliphatic heterocycles. The van der Waals surface area contributed by atoms with Gasteiger partial charge in [0.1, 0.15) is 5.82 Å². The maximum absolute atomic E-state index is 13.3. The van der Waals surface area contributed by atoms with Gasteiger partial charge in [0, 0.05) is 25.8 Å². The highest BCUT2D eigenvalue weighted by atomic mass is 35.5. The van der Waals surface area contributed by atoms with E-state index in [-0.39, 0.29) is 23.1 Å². The number of carbonyl (C=O) groups excluding carboxylic acids is 2. The molecule has 1 saturated heterocycles. The predicted octanol–water partition coefficient (Wildman–Crippen LogP) is 2.98. The first-order valence-corrected chi connectivity index (χ1v) is 9.33. The molecule has 1 fully saturated rings. The van der Waals surface area contributed by atoms with Crippen molar-refractivity contribution in [3.8, 4) is 0 Å². The summed E-state index contributed by atoms with van der Waals surface area (Å²) in [6.07, 6.45) is 1.68. The van der Waals surface area contributed by atoms with E-state index >= 15 is 0 Å². The first-order chi connectivity index (χ1) is 13.3. The fourth-order valence-corrected chi connectivity index (χ4v) is 3.70. The number of fused-ring (bicyclic) bond motifs is 1. The fourth-order valence-electron chi connectivity index (χ4n) is 3.52. The van der Waals surface area contributed by atoms with Gasteiger partial charge in [-0.05, 0) is 25.1 Å². The lowest BCUT2D eigenvalue weighted by Gasteiger charge is -2.34. The van der Waals surface area contributed by atoms with Crippen LogP contribution in [0.25, 0.3) is 0 Å². The minimum atomic E-state index is -0.542. The molecule has 1 aromatic heterocycles. The normalized spacial score (nSPS) is 19.2. The van der Waals surface area contributed by atoms with Crippen molar-refractivity contribution in [1.82, 2.24) is 19.6 Å². The molecule has 0 saturated carbocycles. The van der Waals surface area contributed by atoms with Crippen LogP contribution < -0.4 is 10.2 Å². The van der Waals surface area contributed by atoms with Crippen molar-refractivity contribution < 1.29 is 14.0 Å². The van der Waals surface area contributed by atoms with Gasteiger partial charge in [0.25, 0.3) is 0 Å². The number of likely N-dealkylation sites (N-methyl/N-ethyl adjacent to an activating group) is 1. The third-order valence-corrected chi connectivity index (χ3v) is 5.44. The number of amides is 4. The zero-order chi connectivity index (χ0) is 20.0. The molecule has 0 bridgehead atoms. The summed E-state index contributed by atoms with van der Waals surface area (Å²) in [5.41, 5.74) is 1.96. The van der Waals surface area contributed by atoms with Crippen molar-refractivity contribution >= 4 is 35.0 Å². The number of hydrogen-bond donors (Lipinski definition) is 1. The van der Waals surface area contributed by atoms with Gasteiger partial charge >= 0.3 is 12.1 Å². The molecule has 148 valence electrons. The lowest BCUT2D eigenvalue weighted by Crippen LogP contribution is -2.47. The molecule has 28 heavy (non-hydrogen) atoms. The number of nitrogens with one attached hydrogen (secondary N) is 1. The summed E-state index contributed by atoms with van der Waals surface area (Å²) in [5, 5.41) is 7.10. The smallest absolute Gasteiger partial charge is 0.324 e. The van der Waals surface area contributed by atoms with Gasteiger partial charge in [0.15, 0.2) is 0 Å². The van der Waals surface area contributed by atoms with Crippen LogP contribution in [0.3, 0.4) is 0 Å². The summed E-state index contributed by atoms with van der Waals surface area (Å²) in [6.45, 7) is 3.99. The SMILES string of the molecule is C[C@H]1Cn2ncc(N3CCN(C)C3=O)c2CN1C(=O)Nc1ccc(F)c(Cl)c1. The van der Waals surface area contributed by atoms with Gasteiger partial charge in [-0.25, -0.2) is 14.0 Å². The largest absolute Gasteiger partial charge is 0.326 e. The number of urea groups is 2. The third-order valence-electron chi connectivity index (χ3n) is 5.15. The van der Waals surface area contributed by atoms with Gasteiger partial charge in [0.05, 0.1) is 41.7 Å². The Morgan fingerprint density at radius 3 is 2.82 bits per heavy atom. The third kappa shape index (κ3) is 3.15. The van der Waals surface area contributed by atoms with Crippen LogP contribution in [0.2, 0.25) is 5.02 Å². The Morgan fingerprint density at radius 1 is 1.36 bits per heavy atom. The van der Waals surface area contributed by atoms with E-state index in [9.17, 15) is 14.0 Å². The van der Waals surface area contributed by atoms with Gasteiger partial charge in [-0.15, -0.1) is 0 Å². The Balaban J connectivity index is 1.55. The van der Waals surface area contributed by atoms with E-state index in [1.165, 1.54) is 18.2 Å². The van der Waals surface area contributed by atoms with Crippen LogP contribution in [0.4, 0.5) is 25.4 Å². The molecule has 0 spiro atoms. The van der Waals surface area contributed by atoms with Crippen molar-refractivity contribution in [3.05, 3.63) is 40.9 Å². The minimum Gasteiger partial charge on any atom is -0.326 e. The van der Waals surface area contributed by atoms with Crippen LogP contribution in [0.15, 0.2) is 24.4 Å². The van der Waals surface area contributed by atoms with E-state index in [1.54, 1.807) is 27.9 Å². The number of hydrogen-bond acceptors (Lipinski definition) is 3. The minimum absolute atomic E-state index is 0.0541. The Morgan fingerprint density at radius 2 is 2.14 bits per heavy atom. The summed E-state index contributed by atoms with van der Waals surface area (Å²) in [7, 11) is 1.76. The molecule has 4 amide bonds. The Labute approximate surface area is 166 Å². The average Bonchev–Trinajstić information content (AvgIpc) is 3.20. The number of benzene rings is 1. The van der Waals surface area contributed by atoms with E-state index < -0.39 is 5.82 Å². The molecule has 0 aliphatic carbocycles. The van der Waals surface area contributed by atoms with E-state index in [0.29, 0.717) is 31.9 Å². The van der Waals surface area contributed by atoms with Crippen molar-refractivity contribution in [1.29, 1.82) is 0 Å². The van der Waals surface area contributed by atoms with Crippen molar-refractivity contribution in [3.63, 3.8) is 0 Å². The van der Waals surface area contributed by atoms with Gasteiger partial charge < -0.3 is 15.1 Å². The maximum atomic E-state index is 13.3. The Bertz CT molecular complexity index is 948. The van der Waals surface area contributed by atoms with E-state index in [2.05, 4.69) is 10.4 Å². The molecular weight excluding hydrogens is 387 g/mol. The van der Waals surface area contributed by atoms with Crippen LogP contribution in [0.5, 0.6) is 0 Å². The summed E-state index contributed by atoms with van der Waals surface area (Å²) in [6, 6.07) is 3.54. The van der Waals surface area contributed by atoms with E-state index in [0.717, 1.165) is 11.4 Å². The second kappa shape index (κ2) is 6.97. The summed E-state index contributed by atoms with van der Waals surface area (Å²) >= 11 is 5.79. The van der Waals surface area contributed by atoms with Crippen molar-refractivity contribution in [2.75, 3.05) is 30.4 Å². The molecule has 3 heterocycles. The number of nitrogens with zero attached hydrogens (tertiary/aromatic N) is 5. The number of anilines is 2. The zero-order valence-electron chi connectivity index (χ0n) is 15.5. The summed E-state index contributed by atoms with van der Waals surface area (Å²) in [4.78, 5) is 30.2. The average molecular weight is 407 g/mol. The standard InChI is InChI=1S/C18H20ClFN6O2/c1-11-9-26-16(15(8-21-26)24-6-5-23(2)18(24)28)10-25(11)17(27)22-12-3-4-14(20)13(19)7-12/h3-4,7-8,11H,5-6,9-10H2,1-2H3,(H,22,27)/t11-/m0/s1. The molecule has 1 N–H and O–H groups in total. The molecule has 1 aromatic carbocycles. The maximum Gasteiger partial charge on any atom is 0.324 e. The lowest BCUT2D eigenvalue weighted by molar-refractivity contribution is 0.161. The molecule has 1 atom stereocenters. The molecule has 2 aliphatic rings. The van der Waals surface area contributed by atoms with E-state index in [4.69, 9.17) is 11.6 Å². The fraction of sp³-hybridized carbons (Fsp3) is 0.389. The second-order valence-corrected chi connectivity index (χ2v) is 7.46. The first kappa shape index (κ1) is 18.5. The Hall–Kier alpha value is -2.81. The first-order valence-electron chi connectivity index (χ1n) is 8.95. The van der Waals surface area contributed by atoms with E-state index in [1.807, 2.05) is 11.6 Å². The van der Waals surface area contributed by atoms with Crippen LogP contribution in [0.1, 0.15) is 12.6 Å². The summed E-state index contributed by atoms with van der Waals surface area (Å²) in [5.74, 6) is -0.542. The quantitative estimate of drug-likeness (QED) is 0.833. The van der Waals surface area contributed by atoms with Crippen molar-refractivity contribution in [2.24, 2.45) is 0 Å². The van der Waals surface area contributed by atoms with Gasteiger partial charge in [-0.1, -0.05) is 11.6 Å². The molecule has 0 radical (unpaired) electrons. The molecule has 10 heteroatoms. The van der Waals surface area contributed by atoms with Gasteiger partial charge in [-0.3, -0.25) is 9.58 Å². The molecular formula is C18H20ClFN6O2. The number of rotatable bonds is 2. The van der Waals surface area contributed by atoms with Gasteiger partial charge in [0.2, 0.25) is 0 Å². The van der Waals surface area contributed by atoms with Crippen LogP contribution in [0, 0.1) is 5.82 Å². The highest BCUT2D eigenvalue weighted by Crippen LogP contribution is 2.29. The summed E-state index contributed by atoms with van der Waals surface area (Å²) < 4.78 is 15.2. The molecule has 4 rings (SSSR count). The number of carbonyl (C=O) groups is 2. The van der Waals surface area contributed by atoms with Crippen LogP contribution >= 0.6 is 11.6 Å². The van der Waals surface area contributed by atoms with Gasteiger partial charge in [-0.2, -0.15) is 5.10 Å². The predicted molar refractivity (Wildman–Crippen MR) is 103 cm³/mol. The van der Waals surface area contributed by atoms with Crippen LogP contribution in [-0.2, 0) is 13.1 Å². The second-order valence-electron chi connectivity index (χ2n) is 7.05. The highest BCUT2D eigenvalue weighted by molar-refractivity contribution is 6.31. The highest BCUT2D eigenvalue weighted by Gasteiger charge is 2.34. The Kier molecular flexibility index (Phi) is 4.62. The zero-order valence-corrected chi connectivity index (χ0v) is 16.3. The molecule has 0 unspecified atom stereocenters. The monoisotopic (exact) mass is 406 g/mol. The number of halogens is 2.